The minimum Gasteiger partial charge on any atom is -0.493 e. The number of carbonyl (C=O) groups is 1. The van der Waals surface area contributed by atoms with E-state index in [-0.39, 0.29) is 15.8 Å². The molecule has 0 saturated heterocycles. The SMILES string of the molecule is COc1ccc(CSC(C)=O)cc1OS(=O)(=O)c1ccc(C)cc1. The van der Waals surface area contributed by atoms with Crippen LogP contribution in [0.25, 0.3) is 0 Å². The molecular weight excluding hydrogens is 348 g/mol. The summed E-state index contributed by atoms with van der Waals surface area (Å²) in [5.41, 5.74) is 1.72. The van der Waals surface area contributed by atoms with Crippen molar-refractivity contribution in [3.8, 4) is 11.5 Å². The minimum absolute atomic E-state index is 0.0134. The van der Waals surface area contributed by atoms with Gasteiger partial charge in [0.25, 0.3) is 0 Å². The van der Waals surface area contributed by atoms with Gasteiger partial charge in [0.05, 0.1) is 7.11 Å². The maximum atomic E-state index is 12.4. The van der Waals surface area contributed by atoms with Crippen molar-refractivity contribution in [3.05, 3.63) is 53.6 Å². The second-order valence-corrected chi connectivity index (χ2v) is 7.81. The third-order valence-electron chi connectivity index (χ3n) is 3.18. The van der Waals surface area contributed by atoms with Crippen LogP contribution in [-0.4, -0.2) is 20.6 Å². The highest BCUT2D eigenvalue weighted by Crippen LogP contribution is 2.32. The van der Waals surface area contributed by atoms with Crippen LogP contribution in [0.4, 0.5) is 0 Å². The van der Waals surface area contributed by atoms with Crippen molar-refractivity contribution in [2.75, 3.05) is 7.11 Å². The molecule has 128 valence electrons. The summed E-state index contributed by atoms with van der Waals surface area (Å²) >= 11 is 1.14. The highest BCUT2D eigenvalue weighted by molar-refractivity contribution is 8.12. The molecule has 7 heteroatoms. The Hall–Kier alpha value is -1.99. The summed E-state index contributed by atoms with van der Waals surface area (Å²) in [6.07, 6.45) is 0. The van der Waals surface area contributed by atoms with Gasteiger partial charge in [-0.15, -0.1) is 0 Å². The molecule has 0 aliphatic heterocycles. The molecule has 0 N–H and O–H groups in total. The van der Waals surface area contributed by atoms with Crippen LogP contribution in [0, 0.1) is 6.92 Å². The van der Waals surface area contributed by atoms with Crippen LogP contribution in [0.1, 0.15) is 18.1 Å². The fourth-order valence-corrected chi connectivity index (χ4v) is 3.41. The van der Waals surface area contributed by atoms with E-state index in [4.69, 9.17) is 8.92 Å². The van der Waals surface area contributed by atoms with Gasteiger partial charge in [-0.3, -0.25) is 4.79 Å². The van der Waals surface area contributed by atoms with Crippen molar-refractivity contribution in [2.24, 2.45) is 0 Å². The molecule has 0 atom stereocenters. The fourth-order valence-electron chi connectivity index (χ4n) is 1.93. The molecule has 0 unspecified atom stereocenters. The summed E-state index contributed by atoms with van der Waals surface area (Å²) in [4.78, 5) is 11.1. The summed E-state index contributed by atoms with van der Waals surface area (Å²) < 4.78 is 35.3. The maximum absolute atomic E-state index is 12.4. The standard InChI is InChI=1S/C17H18O5S2/c1-12-4-7-15(8-5-12)24(19,20)22-17-10-14(11-23-13(2)18)6-9-16(17)21-3/h4-10H,11H2,1-3H3. The average molecular weight is 366 g/mol. The summed E-state index contributed by atoms with van der Waals surface area (Å²) in [6.45, 7) is 3.35. The van der Waals surface area contributed by atoms with Crippen LogP contribution in [0.5, 0.6) is 11.5 Å². The van der Waals surface area contributed by atoms with Crippen LogP contribution in [0.3, 0.4) is 0 Å². The first-order valence-corrected chi connectivity index (χ1v) is 9.52. The van der Waals surface area contributed by atoms with Crippen molar-refractivity contribution in [3.63, 3.8) is 0 Å². The minimum atomic E-state index is -3.96. The molecule has 0 spiro atoms. The lowest BCUT2D eigenvalue weighted by Gasteiger charge is -2.12. The second-order valence-electron chi connectivity index (χ2n) is 5.12. The van der Waals surface area contributed by atoms with Gasteiger partial charge in [-0.05, 0) is 36.8 Å². The Bertz CT molecular complexity index is 827. The van der Waals surface area contributed by atoms with Gasteiger partial charge in [0.1, 0.15) is 4.90 Å². The first-order valence-electron chi connectivity index (χ1n) is 7.13. The van der Waals surface area contributed by atoms with E-state index in [0.717, 1.165) is 22.9 Å². The Labute approximate surface area is 146 Å². The normalized spacial score (nSPS) is 11.1. The van der Waals surface area contributed by atoms with E-state index >= 15 is 0 Å². The van der Waals surface area contributed by atoms with Crippen LogP contribution < -0.4 is 8.92 Å². The maximum Gasteiger partial charge on any atom is 0.339 e. The van der Waals surface area contributed by atoms with Crippen LogP contribution in [0.2, 0.25) is 0 Å². The first kappa shape index (κ1) is 18.4. The zero-order chi connectivity index (χ0) is 17.7. The van der Waals surface area contributed by atoms with Gasteiger partial charge in [-0.1, -0.05) is 35.5 Å². The lowest BCUT2D eigenvalue weighted by molar-refractivity contribution is -0.109. The zero-order valence-electron chi connectivity index (χ0n) is 13.6. The lowest BCUT2D eigenvalue weighted by Crippen LogP contribution is -2.10. The molecule has 0 amide bonds. The predicted octanol–water partition coefficient (Wildman–Crippen LogP) is 3.55. The van der Waals surface area contributed by atoms with Gasteiger partial charge in [0, 0.05) is 12.7 Å². The molecule has 24 heavy (non-hydrogen) atoms. The number of hydrogen-bond acceptors (Lipinski definition) is 6. The number of rotatable bonds is 6. The molecule has 0 radical (unpaired) electrons. The summed E-state index contributed by atoms with van der Waals surface area (Å²) in [5.74, 6) is 0.835. The molecule has 2 rings (SSSR count). The van der Waals surface area contributed by atoms with E-state index < -0.39 is 10.1 Å². The van der Waals surface area contributed by atoms with Gasteiger partial charge < -0.3 is 8.92 Å². The van der Waals surface area contributed by atoms with Crippen molar-refractivity contribution in [1.82, 2.24) is 0 Å². The Morgan fingerprint density at radius 3 is 2.33 bits per heavy atom. The van der Waals surface area contributed by atoms with Crippen molar-refractivity contribution >= 4 is 27.0 Å². The van der Waals surface area contributed by atoms with E-state index in [1.165, 1.54) is 26.2 Å². The summed E-state index contributed by atoms with van der Waals surface area (Å²) in [6, 6.07) is 11.3. The number of thioether (sulfide) groups is 1. The number of hydrogen-bond donors (Lipinski definition) is 0. The average Bonchev–Trinajstić information content (AvgIpc) is 2.53. The number of carbonyl (C=O) groups excluding carboxylic acids is 1. The van der Waals surface area contributed by atoms with Gasteiger partial charge in [0.2, 0.25) is 0 Å². The fraction of sp³-hybridized carbons (Fsp3) is 0.235. The summed E-state index contributed by atoms with van der Waals surface area (Å²) in [7, 11) is -2.53. The third kappa shape index (κ3) is 4.75. The smallest absolute Gasteiger partial charge is 0.339 e. The molecule has 0 fully saturated rings. The third-order valence-corrected chi connectivity index (χ3v) is 5.31. The van der Waals surface area contributed by atoms with Crippen LogP contribution in [0.15, 0.2) is 47.4 Å². The Morgan fingerprint density at radius 1 is 1.08 bits per heavy atom. The van der Waals surface area contributed by atoms with Crippen molar-refractivity contribution < 1.29 is 22.1 Å². The van der Waals surface area contributed by atoms with E-state index in [9.17, 15) is 13.2 Å². The van der Waals surface area contributed by atoms with E-state index in [0.29, 0.717) is 11.5 Å². The van der Waals surface area contributed by atoms with Gasteiger partial charge >= 0.3 is 10.1 Å². The highest BCUT2D eigenvalue weighted by Gasteiger charge is 2.19. The molecular formula is C17H18O5S2. The Morgan fingerprint density at radius 2 is 1.75 bits per heavy atom. The number of methoxy groups -OCH3 is 1. The predicted molar refractivity (Wildman–Crippen MR) is 94.0 cm³/mol. The topological polar surface area (TPSA) is 69.7 Å². The van der Waals surface area contributed by atoms with Crippen molar-refractivity contribution in [2.45, 2.75) is 24.5 Å². The molecule has 0 bridgehead atoms. The van der Waals surface area contributed by atoms with Crippen LogP contribution >= 0.6 is 11.8 Å². The number of benzene rings is 2. The molecule has 5 nitrogen and oxygen atoms in total. The molecule has 0 aromatic heterocycles. The quantitative estimate of drug-likeness (QED) is 0.728. The second kappa shape index (κ2) is 7.72. The molecule has 0 aliphatic carbocycles. The molecule has 0 aliphatic rings. The largest absolute Gasteiger partial charge is 0.493 e. The molecule has 0 heterocycles. The highest BCUT2D eigenvalue weighted by atomic mass is 32.2. The summed E-state index contributed by atoms with van der Waals surface area (Å²) in [5, 5.41) is -0.0134. The van der Waals surface area contributed by atoms with Gasteiger partial charge in [-0.25, -0.2) is 0 Å². The van der Waals surface area contributed by atoms with E-state index in [1.807, 2.05) is 6.92 Å². The molecule has 0 saturated carbocycles. The van der Waals surface area contributed by atoms with Crippen molar-refractivity contribution in [1.29, 1.82) is 0 Å². The monoisotopic (exact) mass is 366 g/mol. The molecule has 2 aromatic carbocycles. The number of aryl methyl sites for hydroxylation is 1. The van der Waals surface area contributed by atoms with Gasteiger partial charge in [-0.2, -0.15) is 8.42 Å². The zero-order valence-corrected chi connectivity index (χ0v) is 15.2. The van der Waals surface area contributed by atoms with E-state index in [2.05, 4.69) is 0 Å². The number of ether oxygens (including phenoxy) is 1. The lowest BCUT2D eigenvalue weighted by atomic mass is 10.2. The van der Waals surface area contributed by atoms with E-state index in [1.54, 1.807) is 30.3 Å². The first-order chi connectivity index (χ1) is 11.3. The Kier molecular flexibility index (Phi) is 5.90. The molecule has 2 aromatic rings. The Balaban J connectivity index is 2.30. The van der Waals surface area contributed by atoms with Crippen LogP contribution in [-0.2, 0) is 20.7 Å². The van der Waals surface area contributed by atoms with Gasteiger partial charge in [0.15, 0.2) is 16.6 Å².